The molecule has 1 aromatic rings. The van der Waals surface area contributed by atoms with Crippen LogP contribution in [0.15, 0.2) is 22.7 Å². The van der Waals surface area contributed by atoms with E-state index < -0.39 is 0 Å². The van der Waals surface area contributed by atoms with Crippen molar-refractivity contribution in [3.05, 3.63) is 33.8 Å². The molecule has 0 aliphatic carbocycles. The highest BCUT2D eigenvalue weighted by Gasteiger charge is 2.32. The van der Waals surface area contributed by atoms with Crippen molar-refractivity contribution in [1.82, 2.24) is 10.6 Å². The molecule has 20 heavy (non-hydrogen) atoms. The van der Waals surface area contributed by atoms with Crippen molar-refractivity contribution in [2.75, 3.05) is 13.1 Å². The minimum atomic E-state index is 0.00646. The van der Waals surface area contributed by atoms with Crippen LogP contribution in [0.3, 0.4) is 0 Å². The molecule has 4 heteroatoms. The van der Waals surface area contributed by atoms with Crippen molar-refractivity contribution in [2.24, 2.45) is 5.41 Å². The van der Waals surface area contributed by atoms with Crippen LogP contribution in [-0.4, -0.2) is 25.0 Å². The second-order valence-electron chi connectivity index (χ2n) is 6.22. The molecule has 0 spiro atoms. The molecule has 0 bridgehead atoms. The van der Waals surface area contributed by atoms with Gasteiger partial charge in [0.05, 0.1) is 0 Å². The molecular weight excluding hydrogens is 316 g/mol. The van der Waals surface area contributed by atoms with Crippen LogP contribution in [0.4, 0.5) is 0 Å². The Morgan fingerprint density at radius 1 is 1.50 bits per heavy atom. The first-order valence-electron chi connectivity index (χ1n) is 7.18. The highest BCUT2D eigenvalue weighted by atomic mass is 79.9. The van der Waals surface area contributed by atoms with Gasteiger partial charge in [0.1, 0.15) is 0 Å². The van der Waals surface area contributed by atoms with Crippen LogP contribution in [0.2, 0.25) is 0 Å². The van der Waals surface area contributed by atoms with Gasteiger partial charge < -0.3 is 10.6 Å². The number of rotatable bonds is 3. The average Bonchev–Trinajstić information content (AvgIpc) is 2.40. The summed E-state index contributed by atoms with van der Waals surface area (Å²) in [6, 6.07) is 6.06. The van der Waals surface area contributed by atoms with Gasteiger partial charge in [0.2, 0.25) is 0 Å². The van der Waals surface area contributed by atoms with Gasteiger partial charge in [-0.05, 0) is 49.4 Å². The van der Waals surface area contributed by atoms with Gasteiger partial charge in [0.25, 0.3) is 5.91 Å². The van der Waals surface area contributed by atoms with Gasteiger partial charge in [-0.25, -0.2) is 0 Å². The van der Waals surface area contributed by atoms with E-state index in [1.54, 1.807) is 0 Å². The molecule has 1 saturated heterocycles. The summed E-state index contributed by atoms with van der Waals surface area (Å²) in [7, 11) is 0. The van der Waals surface area contributed by atoms with Crippen molar-refractivity contribution in [2.45, 2.75) is 39.7 Å². The first kappa shape index (κ1) is 15.5. The van der Waals surface area contributed by atoms with Gasteiger partial charge in [-0.15, -0.1) is 0 Å². The maximum atomic E-state index is 12.3. The molecule has 1 amide bonds. The topological polar surface area (TPSA) is 41.1 Å². The molecular formula is C16H23BrN2O. The quantitative estimate of drug-likeness (QED) is 0.887. The van der Waals surface area contributed by atoms with Crippen LogP contribution in [-0.2, 0) is 0 Å². The molecule has 0 radical (unpaired) electrons. The standard InChI is InChI=1S/C16H23BrN2O/c1-11-12(6-4-7-13(11)17)15(20)19-10-14-16(2,3)8-5-9-18-14/h4,6-7,14,18H,5,8-10H2,1-3H3,(H,19,20). The van der Waals surface area contributed by atoms with Crippen LogP contribution in [0.1, 0.15) is 42.6 Å². The molecule has 1 aliphatic heterocycles. The number of piperidine rings is 1. The SMILES string of the molecule is Cc1c(Br)cccc1C(=O)NCC1NCCCC1(C)C. The highest BCUT2D eigenvalue weighted by molar-refractivity contribution is 9.10. The lowest BCUT2D eigenvalue weighted by molar-refractivity contribution is 0.0928. The summed E-state index contributed by atoms with van der Waals surface area (Å²) in [5.41, 5.74) is 1.96. The van der Waals surface area contributed by atoms with Crippen molar-refractivity contribution in [1.29, 1.82) is 0 Å². The van der Waals surface area contributed by atoms with E-state index in [-0.39, 0.29) is 11.3 Å². The highest BCUT2D eigenvalue weighted by Crippen LogP contribution is 2.29. The lowest BCUT2D eigenvalue weighted by atomic mass is 9.77. The molecule has 0 saturated carbocycles. The first-order valence-corrected chi connectivity index (χ1v) is 7.98. The van der Waals surface area contributed by atoms with Crippen molar-refractivity contribution < 1.29 is 4.79 Å². The van der Waals surface area contributed by atoms with Gasteiger partial charge >= 0.3 is 0 Å². The number of hydrogen-bond acceptors (Lipinski definition) is 2. The number of halogens is 1. The second kappa shape index (κ2) is 6.27. The molecule has 1 aliphatic rings. The fourth-order valence-corrected chi connectivity index (χ4v) is 3.13. The number of carbonyl (C=O) groups excluding carboxylic acids is 1. The molecule has 3 nitrogen and oxygen atoms in total. The summed E-state index contributed by atoms with van der Waals surface area (Å²) in [6.07, 6.45) is 2.42. The zero-order valence-electron chi connectivity index (χ0n) is 12.4. The predicted octanol–water partition coefficient (Wildman–Crippen LogP) is 3.27. The van der Waals surface area contributed by atoms with E-state index in [0.717, 1.165) is 22.1 Å². The molecule has 110 valence electrons. The number of carbonyl (C=O) groups is 1. The van der Waals surface area contributed by atoms with E-state index in [0.29, 0.717) is 12.6 Å². The van der Waals surface area contributed by atoms with E-state index in [9.17, 15) is 4.79 Å². The number of amides is 1. The smallest absolute Gasteiger partial charge is 0.251 e. The largest absolute Gasteiger partial charge is 0.350 e. The molecule has 1 unspecified atom stereocenters. The minimum Gasteiger partial charge on any atom is -0.350 e. The Morgan fingerprint density at radius 2 is 2.25 bits per heavy atom. The Balaban J connectivity index is 2.00. The second-order valence-corrected chi connectivity index (χ2v) is 7.08. The fourth-order valence-electron chi connectivity index (χ4n) is 2.76. The van der Waals surface area contributed by atoms with Gasteiger partial charge in [0.15, 0.2) is 0 Å². The van der Waals surface area contributed by atoms with Gasteiger partial charge in [-0.3, -0.25) is 4.79 Å². The average molecular weight is 339 g/mol. The van der Waals surface area contributed by atoms with E-state index in [1.165, 1.54) is 12.8 Å². The van der Waals surface area contributed by atoms with E-state index in [4.69, 9.17) is 0 Å². The molecule has 1 aromatic carbocycles. The molecule has 0 aromatic heterocycles. The Bertz CT molecular complexity index is 499. The van der Waals surface area contributed by atoms with E-state index >= 15 is 0 Å². The van der Waals surface area contributed by atoms with Crippen LogP contribution in [0.25, 0.3) is 0 Å². The number of hydrogen-bond donors (Lipinski definition) is 2. The Hall–Kier alpha value is -0.870. The predicted molar refractivity (Wildman–Crippen MR) is 86.0 cm³/mol. The lowest BCUT2D eigenvalue weighted by Crippen LogP contribution is -2.52. The number of nitrogens with one attached hydrogen (secondary N) is 2. The lowest BCUT2D eigenvalue weighted by Gasteiger charge is -2.39. The van der Waals surface area contributed by atoms with E-state index in [2.05, 4.69) is 40.4 Å². The molecule has 1 atom stereocenters. The summed E-state index contributed by atoms with van der Waals surface area (Å²) in [6.45, 7) is 8.21. The van der Waals surface area contributed by atoms with Gasteiger partial charge in [-0.2, -0.15) is 0 Å². The summed E-state index contributed by atoms with van der Waals surface area (Å²) in [4.78, 5) is 12.3. The van der Waals surface area contributed by atoms with Crippen LogP contribution in [0, 0.1) is 12.3 Å². The zero-order valence-corrected chi connectivity index (χ0v) is 14.0. The summed E-state index contributed by atoms with van der Waals surface area (Å²) < 4.78 is 0.973. The third-order valence-corrected chi connectivity index (χ3v) is 5.17. The zero-order chi connectivity index (χ0) is 14.8. The maximum absolute atomic E-state index is 12.3. The molecule has 1 fully saturated rings. The van der Waals surface area contributed by atoms with Crippen LogP contribution < -0.4 is 10.6 Å². The van der Waals surface area contributed by atoms with Crippen LogP contribution in [0.5, 0.6) is 0 Å². The fraction of sp³-hybridized carbons (Fsp3) is 0.562. The Labute approximate surface area is 129 Å². The van der Waals surface area contributed by atoms with Gasteiger partial charge in [-0.1, -0.05) is 35.8 Å². The molecule has 1 heterocycles. The third kappa shape index (κ3) is 3.41. The Kier molecular flexibility index (Phi) is 4.86. The molecule has 2 rings (SSSR count). The van der Waals surface area contributed by atoms with Crippen molar-refractivity contribution in [3.63, 3.8) is 0 Å². The van der Waals surface area contributed by atoms with Crippen LogP contribution >= 0.6 is 15.9 Å². The normalized spacial score (nSPS) is 21.5. The summed E-state index contributed by atoms with van der Waals surface area (Å²) in [5.74, 6) is 0.00646. The van der Waals surface area contributed by atoms with Gasteiger partial charge in [0, 0.05) is 22.6 Å². The number of benzene rings is 1. The summed E-state index contributed by atoms with van der Waals surface area (Å²) >= 11 is 3.47. The Morgan fingerprint density at radius 3 is 2.95 bits per heavy atom. The first-order chi connectivity index (χ1) is 9.42. The van der Waals surface area contributed by atoms with Crippen molar-refractivity contribution >= 4 is 21.8 Å². The maximum Gasteiger partial charge on any atom is 0.251 e. The molecule has 2 N–H and O–H groups in total. The van der Waals surface area contributed by atoms with Crippen molar-refractivity contribution in [3.8, 4) is 0 Å². The summed E-state index contributed by atoms with van der Waals surface area (Å²) in [5, 5.41) is 6.59. The van der Waals surface area contributed by atoms with E-state index in [1.807, 2.05) is 25.1 Å². The monoisotopic (exact) mass is 338 g/mol. The minimum absolute atomic E-state index is 0.00646. The third-order valence-electron chi connectivity index (χ3n) is 4.31.